The molecule has 0 amide bonds. The number of hydrogen-bond acceptors (Lipinski definition) is 2. The van der Waals surface area contributed by atoms with Crippen molar-refractivity contribution in [2.75, 3.05) is 0 Å². The van der Waals surface area contributed by atoms with E-state index in [2.05, 4.69) is 0 Å². The Bertz CT molecular complexity index is 58.8. The summed E-state index contributed by atoms with van der Waals surface area (Å²) in [4.78, 5) is 0. The smallest absolute Gasteiger partial charge is 0.379 e. The molecule has 0 aliphatic rings. The van der Waals surface area contributed by atoms with Crippen molar-refractivity contribution < 1.29 is 26.5 Å². The Morgan fingerprint density at radius 1 is 1.50 bits per heavy atom. The minimum atomic E-state index is -3.67. The van der Waals surface area contributed by atoms with E-state index in [1.54, 1.807) is 0 Å². The number of halogens is 3. The van der Waals surface area contributed by atoms with E-state index in [1.165, 1.54) is 0 Å². The summed E-state index contributed by atoms with van der Waals surface area (Å²) in [5, 5.41) is 0. The molecule has 0 aliphatic carbocycles. The fourth-order valence-corrected chi connectivity index (χ4v) is 0. The van der Waals surface area contributed by atoms with Crippen molar-refractivity contribution in [1.29, 1.82) is 0 Å². The minimum Gasteiger partial charge on any atom is -0.750 e. The first-order valence-corrected chi connectivity index (χ1v) is 2.20. The molecule has 0 saturated carbocycles. The molecule has 0 radical (unpaired) electrons. The molecule has 1 N–H and O–H groups in total. The van der Waals surface area contributed by atoms with Gasteiger partial charge in [0.1, 0.15) is 0 Å². The summed E-state index contributed by atoms with van der Waals surface area (Å²) in [6.45, 7) is -3.67. The highest BCUT2D eigenvalue weighted by Crippen LogP contribution is 1.87. The molecule has 0 bridgehead atoms. The summed E-state index contributed by atoms with van der Waals surface area (Å²) < 4.78 is 53.1. The van der Waals surface area contributed by atoms with Gasteiger partial charge in [0.15, 0.2) is 0 Å². The summed E-state index contributed by atoms with van der Waals surface area (Å²) in [6, 6.07) is 0. The highest BCUT2D eigenvalue weighted by atomic mass is 32.2. The average molecular weight is 151 g/mol. The summed E-state index contributed by atoms with van der Waals surface area (Å²) in [5.41, 5.74) is 0. The van der Waals surface area contributed by atoms with Crippen LogP contribution in [-0.2, 0) is 11.4 Å². The van der Waals surface area contributed by atoms with Gasteiger partial charge in [-0.15, -0.1) is 0 Å². The third-order valence-electron chi connectivity index (χ3n) is 0. The molecule has 0 saturated heterocycles. The van der Waals surface area contributed by atoms with Crippen LogP contribution in [0.4, 0.5) is 13.2 Å². The van der Waals surface area contributed by atoms with Crippen LogP contribution in [0.15, 0.2) is 0 Å². The zero-order chi connectivity index (χ0) is 7.15. The summed E-state index contributed by atoms with van der Waals surface area (Å²) in [7, 11) is 0. The number of alkyl halides is 3. The van der Waals surface area contributed by atoms with Gasteiger partial charge in [0.25, 0.3) is 0 Å². The second kappa shape index (κ2) is 6.86. The van der Waals surface area contributed by atoms with Crippen LogP contribution < -0.4 is 0 Å². The van der Waals surface area contributed by atoms with E-state index >= 15 is 0 Å². The molecule has 52 valence electrons. The number of rotatable bonds is 0. The predicted octanol–water partition coefficient (Wildman–Crippen LogP) is 0.517. The van der Waals surface area contributed by atoms with Crippen molar-refractivity contribution in [3.05, 3.63) is 0 Å². The second-order valence-corrected chi connectivity index (χ2v) is 0.899. The monoisotopic (exact) mass is 151 g/mol. The van der Waals surface area contributed by atoms with Crippen LogP contribution in [0.3, 0.4) is 0 Å². The number of hydrogen-bond donors (Lipinski definition) is 1. The largest absolute Gasteiger partial charge is 0.750 e. The van der Waals surface area contributed by atoms with E-state index in [9.17, 15) is 13.2 Å². The maximum atomic E-state index is 9.67. The molecular weight excluding hydrogens is 149 g/mol. The average Bonchev–Trinajstić information content (AvgIpc) is 1.25. The van der Waals surface area contributed by atoms with Crippen LogP contribution >= 0.6 is 0 Å². The van der Waals surface area contributed by atoms with E-state index in [-0.39, 0.29) is 0 Å². The van der Waals surface area contributed by atoms with Gasteiger partial charge < -0.3 is 9.11 Å². The van der Waals surface area contributed by atoms with Gasteiger partial charge in [-0.25, -0.2) is 4.21 Å². The lowest BCUT2D eigenvalue weighted by Crippen LogP contribution is -1.75. The van der Waals surface area contributed by atoms with Crippen LogP contribution in [0.5, 0.6) is 0 Å². The SMILES string of the molecule is FC(F)F.O=S([O-])O. The Labute approximate surface area is 45.6 Å². The molecule has 1 unspecified atom stereocenters. The van der Waals surface area contributed by atoms with E-state index < -0.39 is 18.0 Å². The zero-order valence-corrected chi connectivity index (χ0v) is 4.20. The quantitative estimate of drug-likeness (QED) is 0.513. The van der Waals surface area contributed by atoms with Gasteiger partial charge in [-0.3, -0.25) is 0 Å². The van der Waals surface area contributed by atoms with Crippen LogP contribution in [-0.4, -0.2) is 20.0 Å². The molecule has 0 aromatic rings. The van der Waals surface area contributed by atoms with Gasteiger partial charge >= 0.3 is 6.68 Å². The molecule has 0 fully saturated rings. The zero-order valence-electron chi connectivity index (χ0n) is 3.38. The molecule has 0 spiro atoms. The Balaban J connectivity index is 0. The maximum Gasteiger partial charge on any atom is 0.379 e. The third kappa shape index (κ3) is 7060. The maximum absolute atomic E-state index is 9.67. The molecule has 0 aromatic heterocycles. The van der Waals surface area contributed by atoms with Gasteiger partial charge in [-0.1, -0.05) is 0 Å². The van der Waals surface area contributed by atoms with Gasteiger partial charge in [0, 0.05) is 0 Å². The first-order valence-electron chi connectivity index (χ1n) is 1.17. The molecule has 0 heterocycles. The van der Waals surface area contributed by atoms with E-state index in [1.807, 2.05) is 0 Å². The van der Waals surface area contributed by atoms with E-state index in [4.69, 9.17) is 13.3 Å². The van der Waals surface area contributed by atoms with Crippen molar-refractivity contribution in [3.8, 4) is 0 Å². The van der Waals surface area contributed by atoms with Crippen LogP contribution in [0.25, 0.3) is 0 Å². The summed E-state index contributed by atoms with van der Waals surface area (Å²) >= 11 is -2.86. The molecule has 0 aromatic carbocycles. The molecular formula is CH2F3O3S-. The highest BCUT2D eigenvalue weighted by molar-refractivity contribution is 7.73. The van der Waals surface area contributed by atoms with Crippen molar-refractivity contribution in [2.45, 2.75) is 6.68 Å². The first-order chi connectivity index (χ1) is 3.46. The van der Waals surface area contributed by atoms with Crippen LogP contribution in [0.1, 0.15) is 0 Å². The topological polar surface area (TPSA) is 60.4 Å². The van der Waals surface area contributed by atoms with E-state index in [0.717, 1.165) is 0 Å². The standard InChI is InChI=1S/CHF3.H2O3S/c2-1(3)4;1-4(2)3/h1H;(H2,1,2,3)/p-1. The normalized spacial score (nSPS) is 12.2. The van der Waals surface area contributed by atoms with Gasteiger partial charge in [-0.2, -0.15) is 13.2 Å². The van der Waals surface area contributed by atoms with Crippen molar-refractivity contribution in [3.63, 3.8) is 0 Å². The fourth-order valence-electron chi connectivity index (χ4n) is 0. The Kier molecular flexibility index (Phi) is 9.24. The lowest BCUT2D eigenvalue weighted by Gasteiger charge is -1.83. The van der Waals surface area contributed by atoms with E-state index in [0.29, 0.717) is 0 Å². The molecule has 1 atom stereocenters. The molecule has 0 rings (SSSR count). The molecule has 0 aliphatic heterocycles. The summed E-state index contributed by atoms with van der Waals surface area (Å²) in [6.07, 6.45) is 0. The first kappa shape index (κ1) is 10.8. The fraction of sp³-hybridized carbons (Fsp3) is 1.00. The third-order valence-corrected chi connectivity index (χ3v) is 0. The predicted molar refractivity (Wildman–Crippen MR) is 18.7 cm³/mol. The van der Waals surface area contributed by atoms with Crippen molar-refractivity contribution in [2.24, 2.45) is 0 Å². The lowest BCUT2D eigenvalue weighted by molar-refractivity contribution is 0.00819. The van der Waals surface area contributed by atoms with Crippen molar-refractivity contribution >= 4 is 11.4 Å². The Morgan fingerprint density at radius 3 is 1.50 bits per heavy atom. The van der Waals surface area contributed by atoms with Gasteiger partial charge in [0.05, 0.1) is 11.4 Å². The minimum absolute atomic E-state index is 2.86. The van der Waals surface area contributed by atoms with Gasteiger partial charge in [-0.05, 0) is 0 Å². The van der Waals surface area contributed by atoms with Crippen LogP contribution in [0.2, 0.25) is 0 Å². The Hall–Kier alpha value is -0.140. The van der Waals surface area contributed by atoms with Gasteiger partial charge in [0.2, 0.25) is 0 Å². The lowest BCUT2D eigenvalue weighted by atomic mass is 11.6. The molecule has 8 heavy (non-hydrogen) atoms. The summed E-state index contributed by atoms with van der Waals surface area (Å²) in [5.74, 6) is 0. The molecule has 7 heteroatoms. The second-order valence-electron chi connectivity index (χ2n) is 0.465. The highest BCUT2D eigenvalue weighted by Gasteiger charge is 1.86. The van der Waals surface area contributed by atoms with Crippen LogP contribution in [0, 0.1) is 0 Å². The van der Waals surface area contributed by atoms with Crippen molar-refractivity contribution in [1.82, 2.24) is 0 Å². The molecule has 3 nitrogen and oxygen atoms in total. The Morgan fingerprint density at radius 2 is 1.50 bits per heavy atom.